The van der Waals surface area contributed by atoms with E-state index in [4.69, 9.17) is 0 Å². The lowest BCUT2D eigenvalue weighted by Gasteiger charge is -0.0159. The Balaban J connectivity index is 0. The molecule has 0 aliphatic carbocycles. The first-order valence-corrected chi connectivity index (χ1v) is 0. The summed E-state index contributed by atoms with van der Waals surface area (Å²) in [5, 5.41) is 0. The quantitative estimate of drug-likeness (QED) is 0.317. The standard InChI is InChI=1S/4Mg.2H4Si.8H/h;;;;2*1H4;;;;;;;;. The third-order valence-electron chi connectivity index (χ3n) is 0. The van der Waals surface area contributed by atoms with Gasteiger partial charge >= 0.3 is 92.2 Å². The highest BCUT2D eigenvalue weighted by Gasteiger charge is 0.319. The van der Waals surface area contributed by atoms with Gasteiger partial charge in [-0.25, -0.2) is 0 Å². The second kappa shape index (κ2) is 39.0. The SMILES string of the molecule is [MgH2].[MgH2].[MgH2].[MgH2].[SiH4].[SiH4]. The minimum Gasteiger partial charge on any atom is -0.0149 e. The zero-order chi connectivity index (χ0) is 0. The van der Waals surface area contributed by atoms with Gasteiger partial charge in [0.1, 0.15) is 0 Å². The van der Waals surface area contributed by atoms with E-state index in [0.717, 1.165) is 0 Å². The average Bonchev–Trinajstić information content (AvgIpc) is 0. The van der Waals surface area contributed by atoms with E-state index in [1.54, 1.807) is 0 Å². The van der Waals surface area contributed by atoms with E-state index in [1.165, 1.54) is 0 Å². The molecule has 0 fully saturated rings. The lowest BCUT2D eigenvalue weighted by molar-refractivity contribution is 5.75. The fourth-order valence-corrected chi connectivity index (χ4v) is 0. The highest BCUT2D eigenvalue weighted by atomic mass is 28.1. The van der Waals surface area contributed by atoms with Crippen LogP contribution in [0.15, 0.2) is 0 Å². The van der Waals surface area contributed by atoms with Crippen molar-refractivity contribution in [3.05, 3.63) is 0 Å². The summed E-state index contributed by atoms with van der Waals surface area (Å²) in [6.07, 6.45) is 0. The Morgan fingerprint density at radius 1 is 0.333 bits per heavy atom. The second-order valence-electron chi connectivity index (χ2n) is 0. The monoisotopic (exact) mass is 168 g/mol. The molecule has 0 aromatic heterocycles. The minimum absolute atomic E-state index is 0. The summed E-state index contributed by atoms with van der Waals surface area (Å²) in [4.78, 5) is 0. The Kier molecular flexibility index (Phi) is 365. The van der Waals surface area contributed by atoms with Gasteiger partial charge in [-0.3, -0.25) is 0 Å². The zero-order valence-corrected chi connectivity index (χ0v) is 0. The van der Waals surface area contributed by atoms with Gasteiger partial charge in [-0.15, -0.1) is 0 Å². The van der Waals surface area contributed by atoms with Gasteiger partial charge in [0.25, 0.3) is 0 Å². The summed E-state index contributed by atoms with van der Waals surface area (Å²) in [5.41, 5.74) is 0. The van der Waals surface area contributed by atoms with Crippen molar-refractivity contribution in [1.29, 1.82) is 0 Å². The molecule has 0 atom stereocenters. The van der Waals surface area contributed by atoms with Crippen molar-refractivity contribution in [3.8, 4) is 0 Å². The number of hydrogen-bond donors (Lipinski definition) is 0. The van der Waals surface area contributed by atoms with Gasteiger partial charge in [0.15, 0.2) is 0 Å². The highest BCUT2D eigenvalue weighted by Crippen LogP contribution is -0.376. The summed E-state index contributed by atoms with van der Waals surface area (Å²) in [5.74, 6) is 0. The van der Waals surface area contributed by atoms with Gasteiger partial charge in [0, 0.05) is 0 Å². The number of hydrogen-bond acceptors (Lipinski definition) is 0. The molecular weight excluding hydrogens is 153 g/mol. The molecule has 0 N–H and O–H groups in total. The van der Waals surface area contributed by atoms with E-state index in [-0.39, 0.29) is 114 Å². The molecule has 0 saturated carbocycles. The van der Waals surface area contributed by atoms with Crippen LogP contribution < -0.4 is 0 Å². The topological polar surface area (TPSA) is 0 Å². The van der Waals surface area contributed by atoms with Crippen LogP contribution in [0.5, 0.6) is 0 Å². The lowest BCUT2D eigenvalue weighted by atomic mass is 24.3. The Labute approximate surface area is 112 Å². The summed E-state index contributed by atoms with van der Waals surface area (Å²) in [6.45, 7) is 0. The summed E-state index contributed by atoms with van der Waals surface area (Å²) >= 11 is 0. The third kappa shape index (κ3) is 25.9. The molecule has 0 saturated heterocycles. The molecule has 0 aromatic rings. The predicted octanol–water partition coefficient (Wildman–Crippen LogP) is -6.57. The molecule has 0 heterocycles. The van der Waals surface area contributed by atoms with Crippen molar-refractivity contribution in [3.63, 3.8) is 0 Å². The maximum atomic E-state index is 0. The average molecular weight is 170 g/mol. The van der Waals surface area contributed by atoms with Crippen LogP contribution in [-0.2, 0) is 0 Å². The van der Waals surface area contributed by atoms with E-state index in [2.05, 4.69) is 0 Å². The third-order valence-corrected chi connectivity index (χ3v) is 0. The largest absolute Gasteiger partial charge is 0.316 e. The fraction of sp³-hybridized carbons (Fsp3) is 0. The molecule has 0 aliphatic heterocycles. The molecule has 0 aliphatic rings. The molecule has 0 rings (SSSR count). The van der Waals surface area contributed by atoms with Crippen LogP contribution in [0, 0.1) is 0 Å². The molecule has 0 nitrogen and oxygen atoms in total. The second-order valence-corrected chi connectivity index (χ2v) is 0. The van der Waals surface area contributed by atoms with Gasteiger partial charge < -0.3 is 0 Å². The molecule has 0 bridgehead atoms. The molecule has 0 amide bonds. The Morgan fingerprint density at radius 3 is 0.333 bits per heavy atom. The van der Waals surface area contributed by atoms with Crippen molar-refractivity contribution in [2.45, 2.75) is 0 Å². The normalized spacial score (nSPS) is 0. The molecule has 6 heteroatoms. The van der Waals surface area contributed by atoms with Crippen LogP contribution >= 0.6 is 0 Å². The van der Waals surface area contributed by atoms with Crippen molar-refractivity contribution >= 4 is 114 Å². The zero-order valence-electron chi connectivity index (χ0n) is 0. The van der Waals surface area contributed by atoms with Crippen molar-refractivity contribution in [2.24, 2.45) is 0 Å². The predicted molar refractivity (Wildman–Crippen MR) is 56.8 cm³/mol. The van der Waals surface area contributed by atoms with Crippen LogP contribution in [0.2, 0.25) is 0 Å². The highest BCUT2D eigenvalue weighted by molar-refractivity contribution is 5.76. The van der Waals surface area contributed by atoms with Crippen LogP contribution in [0.3, 0.4) is 0 Å². The lowest BCUT2D eigenvalue weighted by Crippen LogP contribution is -0.382. The summed E-state index contributed by atoms with van der Waals surface area (Å²) in [6, 6.07) is 0. The van der Waals surface area contributed by atoms with Gasteiger partial charge in [-0.1, -0.05) is 0 Å². The van der Waals surface area contributed by atoms with E-state index in [9.17, 15) is 0 Å². The van der Waals surface area contributed by atoms with E-state index in [0.29, 0.717) is 0 Å². The van der Waals surface area contributed by atoms with Gasteiger partial charge in [-0.05, 0) is 21.9 Å². The van der Waals surface area contributed by atoms with E-state index >= 15 is 0 Å². The first-order valence-electron chi connectivity index (χ1n) is 0. The van der Waals surface area contributed by atoms with Crippen molar-refractivity contribution in [1.82, 2.24) is 0 Å². The molecule has 0 unspecified atom stereocenters. The van der Waals surface area contributed by atoms with Crippen molar-refractivity contribution < 1.29 is 0 Å². The Hall–Kier alpha value is 3.50. The van der Waals surface area contributed by atoms with Crippen LogP contribution in [0.1, 0.15) is 0 Å². The number of rotatable bonds is 0. The van der Waals surface area contributed by atoms with Gasteiger partial charge in [-0.2, -0.15) is 0 Å². The van der Waals surface area contributed by atoms with Gasteiger partial charge in [0.2, 0.25) is 0 Å². The smallest absolute Gasteiger partial charge is 0.0149 e. The minimum atomic E-state index is 0. The molecule has 0 radical (unpaired) electrons. The maximum Gasteiger partial charge on any atom is 0.316 e. The molecule has 6 heavy (non-hydrogen) atoms. The summed E-state index contributed by atoms with van der Waals surface area (Å²) < 4.78 is 0. The molecule has 0 spiro atoms. The molecule has 32 valence electrons. The van der Waals surface area contributed by atoms with Gasteiger partial charge in [0.05, 0.1) is 0 Å². The fourth-order valence-electron chi connectivity index (χ4n) is 0. The Morgan fingerprint density at radius 2 is 0.333 bits per heavy atom. The van der Waals surface area contributed by atoms with Crippen LogP contribution in [-0.4, -0.2) is 114 Å². The van der Waals surface area contributed by atoms with Crippen LogP contribution in [0.4, 0.5) is 0 Å². The van der Waals surface area contributed by atoms with Crippen LogP contribution in [0.25, 0.3) is 0 Å². The first-order chi connectivity index (χ1) is 0. The molecular formula is H16Mg4Si2. The summed E-state index contributed by atoms with van der Waals surface area (Å²) in [7, 11) is 0. The Bertz CT molecular complexity index is 5.51. The maximum absolute atomic E-state index is 0. The molecule has 0 aromatic carbocycles. The van der Waals surface area contributed by atoms with Crippen molar-refractivity contribution in [2.75, 3.05) is 0 Å². The van der Waals surface area contributed by atoms with E-state index in [1.807, 2.05) is 0 Å². The van der Waals surface area contributed by atoms with E-state index < -0.39 is 0 Å². The first kappa shape index (κ1) is 56.0.